The first-order valence-corrected chi connectivity index (χ1v) is 13.4. The first-order chi connectivity index (χ1) is 19.3. The molecule has 0 aliphatic carbocycles. The quantitative estimate of drug-likeness (QED) is 0.348. The van der Waals surface area contributed by atoms with Crippen LogP contribution in [0.3, 0.4) is 0 Å². The van der Waals surface area contributed by atoms with Gasteiger partial charge in [-0.3, -0.25) is 19.4 Å². The molecular formula is C26H29F2N5O7S. The number of halogens is 2. The van der Waals surface area contributed by atoms with Crippen LogP contribution in [0.25, 0.3) is 5.57 Å². The molecule has 0 N–H and O–H groups in total. The second-order valence-electron chi connectivity index (χ2n) is 10.4. The van der Waals surface area contributed by atoms with Gasteiger partial charge >= 0.3 is 18.2 Å². The first kappa shape index (κ1) is 29.8. The van der Waals surface area contributed by atoms with Crippen LogP contribution in [0.4, 0.5) is 29.9 Å². The van der Waals surface area contributed by atoms with Gasteiger partial charge in [0.25, 0.3) is 5.91 Å². The number of amides is 3. The van der Waals surface area contributed by atoms with Crippen molar-refractivity contribution < 1.29 is 42.2 Å². The lowest BCUT2D eigenvalue weighted by atomic mass is 9.97. The van der Waals surface area contributed by atoms with Crippen molar-refractivity contribution in [1.82, 2.24) is 13.6 Å². The van der Waals surface area contributed by atoms with Crippen LogP contribution in [0.5, 0.6) is 0 Å². The summed E-state index contributed by atoms with van der Waals surface area (Å²) >= 11 is 0.887. The standard InChI is InChI=1S/C26H29F2N5O7S/c1-15(34)38-14-22(35)31-7-5-16(6-8-31)23-19(27)9-17(10-20(23)28)32-12-18(39-24(32)36)13-33(21-11-29-41-30-21)25(37)40-26(2,3)4/h5,9-11,18H,6-8,12-14H2,1-4H3/t18-/m1/s1. The molecule has 2 aromatic rings. The highest BCUT2D eigenvalue weighted by molar-refractivity contribution is 6.99. The Morgan fingerprint density at radius 3 is 2.49 bits per heavy atom. The molecule has 12 nitrogen and oxygen atoms in total. The largest absolute Gasteiger partial charge is 0.456 e. The Bertz CT molecular complexity index is 1340. The van der Waals surface area contributed by atoms with Crippen LogP contribution < -0.4 is 9.80 Å². The third-order valence-corrected chi connectivity index (χ3v) is 6.59. The molecule has 1 aromatic carbocycles. The number of carbonyl (C=O) groups is 4. The fraction of sp³-hybridized carbons (Fsp3) is 0.462. The zero-order chi connectivity index (χ0) is 29.9. The number of rotatable bonds is 7. The predicted molar refractivity (Wildman–Crippen MR) is 143 cm³/mol. The molecule has 220 valence electrons. The summed E-state index contributed by atoms with van der Waals surface area (Å²) in [5, 5.41) is 0. The van der Waals surface area contributed by atoms with E-state index in [2.05, 4.69) is 8.75 Å². The average Bonchev–Trinajstić information content (AvgIpc) is 3.54. The highest BCUT2D eigenvalue weighted by atomic mass is 32.1. The monoisotopic (exact) mass is 593 g/mol. The van der Waals surface area contributed by atoms with Crippen molar-refractivity contribution >= 4 is 52.9 Å². The molecule has 3 heterocycles. The van der Waals surface area contributed by atoms with E-state index < -0.39 is 54.0 Å². The smallest absolute Gasteiger partial charge is 0.416 e. The summed E-state index contributed by atoms with van der Waals surface area (Å²) in [6.07, 6.45) is 0.698. The number of carbonyl (C=O) groups excluding carboxylic acids is 4. The summed E-state index contributed by atoms with van der Waals surface area (Å²) in [6.45, 7) is 5.98. The van der Waals surface area contributed by atoms with E-state index in [1.807, 2.05) is 0 Å². The first-order valence-electron chi connectivity index (χ1n) is 12.7. The maximum absolute atomic E-state index is 15.2. The number of nitrogens with zero attached hydrogens (tertiary/aromatic N) is 5. The molecule has 2 aliphatic heterocycles. The van der Waals surface area contributed by atoms with Crippen molar-refractivity contribution in [2.45, 2.75) is 45.8 Å². The summed E-state index contributed by atoms with van der Waals surface area (Å²) in [6, 6.07) is 2.08. The minimum absolute atomic E-state index is 0.0509. The van der Waals surface area contributed by atoms with E-state index in [0.29, 0.717) is 5.57 Å². The summed E-state index contributed by atoms with van der Waals surface area (Å²) in [5.74, 6) is -2.55. The number of esters is 1. The van der Waals surface area contributed by atoms with E-state index in [-0.39, 0.29) is 49.7 Å². The molecule has 1 fully saturated rings. The molecule has 0 saturated carbocycles. The predicted octanol–water partition coefficient (Wildman–Crippen LogP) is 3.76. The van der Waals surface area contributed by atoms with Crippen molar-refractivity contribution in [2.75, 3.05) is 42.6 Å². The van der Waals surface area contributed by atoms with E-state index in [9.17, 15) is 19.2 Å². The molecule has 0 radical (unpaired) electrons. The van der Waals surface area contributed by atoms with Gasteiger partial charge in [0.2, 0.25) is 0 Å². The molecule has 4 rings (SSSR count). The highest BCUT2D eigenvalue weighted by Gasteiger charge is 2.37. The molecule has 2 aliphatic rings. The lowest BCUT2D eigenvalue weighted by Gasteiger charge is -2.27. The van der Waals surface area contributed by atoms with Crippen molar-refractivity contribution in [3.8, 4) is 0 Å². The van der Waals surface area contributed by atoms with Gasteiger partial charge in [0.15, 0.2) is 12.4 Å². The Balaban J connectivity index is 1.46. The zero-order valence-corrected chi connectivity index (χ0v) is 23.7. The molecule has 1 atom stereocenters. The third-order valence-electron chi connectivity index (χ3n) is 6.12. The SMILES string of the molecule is CC(=O)OCC(=O)N1CC=C(c2c(F)cc(N3C[C@H](CN(C(=O)OC(C)(C)C)c4cnsn4)OC3=O)cc2F)CC1. The van der Waals surface area contributed by atoms with Crippen molar-refractivity contribution in [3.63, 3.8) is 0 Å². The second kappa shape index (κ2) is 12.2. The van der Waals surface area contributed by atoms with Gasteiger partial charge in [-0.25, -0.2) is 18.4 Å². The maximum Gasteiger partial charge on any atom is 0.416 e. The van der Waals surface area contributed by atoms with Gasteiger partial charge in [0, 0.05) is 25.6 Å². The number of hydrogen-bond acceptors (Lipinski definition) is 10. The van der Waals surface area contributed by atoms with Crippen LogP contribution in [0.2, 0.25) is 0 Å². The van der Waals surface area contributed by atoms with E-state index in [0.717, 1.165) is 28.8 Å². The summed E-state index contributed by atoms with van der Waals surface area (Å²) in [7, 11) is 0. The molecule has 0 unspecified atom stereocenters. The topological polar surface area (TPSA) is 131 Å². The fourth-order valence-corrected chi connectivity index (χ4v) is 4.71. The molecule has 0 spiro atoms. The summed E-state index contributed by atoms with van der Waals surface area (Å²) in [4.78, 5) is 52.2. The lowest BCUT2D eigenvalue weighted by molar-refractivity contribution is -0.150. The van der Waals surface area contributed by atoms with Gasteiger partial charge in [0.05, 0.1) is 36.7 Å². The van der Waals surface area contributed by atoms with Crippen molar-refractivity contribution in [3.05, 3.63) is 41.6 Å². The number of ether oxygens (including phenoxy) is 3. The van der Waals surface area contributed by atoms with E-state index in [1.165, 1.54) is 29.0 Å². The van der Waals surface area contributed by atoms with Crippen molar-refractivity contribution in [2.24, 2.45) is 0 Å². The van der Waals surface area contributed by atoms with Crippen LogP contribution in [-0.4, -0.2) is 82.2 Å². The minimum Gasteiger partial charge on any atom is -0.456 e. The molecule has 15 heteroatoms. The summed E-state index contributed by atoms with van der Waals surface area (Å²) in [5.41, 5.74) is -0.726. The van der Waals surface area contributed by atoms with E-state index in [1.54, 1.807) is 20.8 Å². The van der Waals surface area contributed by atoms with Crippen LogP contribution in [-0.2, 0) is 23.8 Å². The van der Waals surface area contributed by atoms with Gasteiger partial charge in [-0.1, -0.05) is 6.08 Å². The van der Waals surface area contributed by atoms with Crippen LogP contribution in [0, 0.1) is 11.6 Å². The Morgan fingerprint density at radius 2 is 1.93 bits per heavy atom. The normalized spacial score (nSPS) is 17.2. The Morgan fingerprint density at radius 1 is 1.22 bits per heavy atom. The summed E-state index contributed by atoms with van der Waals surface area (Å²) < 4.78 is 54.0. The van der Waals surface area contributed by atoms with Gasteiger partial charge in [0.1, 0.15) is 23.3 Å². The Hall–Kier alpha value is -4.14. The van der Waals surface area contributed by atoms with Crippen LogP contribution >= 0.6 is 11.7 Å². The minimum atomic E-state index is -0.883. The number of anilines is 2. The van der Waals surface area contributed by atoms with Crippen molar-refractivity contribution in [1.29, 1.82) is 0 Å². The molecule has 1 saturated heterocycles. The van der Waals surface area contributed by atoms with Gasteiger partial charge in [-0.15, -0.1) is 0 Å². The lowest BCUT2D eigenvalue weighted by Crippen LogP contribution is -2.42. The number of hydrogen-bond donors (Lipinski definition) is 0. The Kier molecular flexibility index (Phi) is 8.85. The maximum atomic E-state index is 15.2. The molecule has 0 bridgehead atoms. The second-order valence-corrected chi connectivity index (χ2v) is 10.9. The number of aromatic nitrogens is 2. The van der Waals surface area contributed by atoms with E-state index in [4.69, 9.17) is 14.2 Å². The van der Waals surface area contributed by atoms with Gasteiger partial charge < -0.3 is 19.1 Å². The van der Waals surface area contributed by atoms with Crippen LogP contribution in [0.15, 0.2) is 24.4 Å². The third kappa shape index (κ3) is 7.34. The molecular weight excluding hydrogens is 564 g/mol. The zero-order valence-electron chi connectivity index (χ0n) is 22.9. The molecule has 1 aromatic heterocycles. The van der Waals surface area contributed by atoms with Gasteiger partial charge in [-0.2, -0.15) is 8.75 Å². The Labute approximate surface area is 238 Å². The number of benzene rings is 1. The van der Waals surface area contributed by atoms with Gasteiger partial charge in [-0.05, 0) is 44.9 Å². The van der Waals surface area contributed by atoms with Crippen LogP contribution in [0.1, 0.15) is 39.7 Å². The number of cyclic esters (lactones) is 1. The average molecular weight is 594 g/mol. The van der Waals surface area contributed by atoms with E-state index >= 15 is 8.78 Å². The fourth-order valence-electron chi connectivity index (χ4n) is 4.29. The molecule has 41 heavy (non-hydrogen) atoms. The highest BCUT2D eigenvalue weighted by Crippen LogP contribution is 2.32. The molecule has 3 amide bonds.